The van der Waals surface area contributed by atoms with Gasteiger partial charge in [-0.1, -0.05) is 12.1 Å². The van der Waals surface area contributed by atoms with Crippen LogP contribution in [0, 0.1) is 5.92 Å². The summed E-state index contributed by atoms with van der Waals surface area (Å²) >= 11 is 1.72. The Kier molecular flexibility index (Phi) is 9.64. The minimum atomic E-state index is -0.00629. The van der Waals surface area contributed by atoms with Crippen molar-refractivity contribution in [1.82, 2.24) is 10.2 Å². The molecular weight excluding hydrogens is 406 g/mol. The van der Waals surface area contributed by atoms with Gasteiger partial charge in [0.1, 0.15) is 0 Å². The second kappa shape index (κ2) is 12.0. The molecule has 0 bridgehead atoms. The van der Waals surface area contributed by atoms with Crippen LogP contribution in [0.2, 0.25) is 0 Å². The number of nitrogens with one attached hydrogen (secondary N) is 2. The predicted molar refractivity (Wildman–Crippen MR) is 122 cm³/mol. The molecule has 1 fully saturated rings. The number of carbonyl (C=O) groups excluding carboxylic acids is 2. The maximum Gasteiger partial charge on any atom is 0.253 e. The number of thiophene rings is 1. The first-order valence-electron chi connectivity index (χ1n) is 10.0. The van der Waals surface area contributed by atoms with Crippen molar-refractivity contribution in [1.29, 1.82) is 0 Å². The smallest absolute Gasteiger partial charge is 0.253 e. The van der Waals surface area contributed by atoms with Crippen LogP contribution in [0.1, 0.15) is 40.9 Å². The van der Waals surface area contributed by atoms with E-state index in [1.807, 2.05) is 36.2 Å². The number of hydrogen-bond donors (Lipinski definition) is 2. The number of piperidine rings is 1. The number of anilines is 1. The van der Waals surface area contributed by atoms with Gasteiger partial charge in [0.25, 0.3) is 5.91 Å². The molecule has 7 heteroatoms. The van der Waals surface area contributed by atoms with E-state index in [1.165, 1.54) is 4.88 Å². The summed E-state index contributed by atoms with van der Waals surface area (Å²) in [5.41, 5.74) is 1.33. The van der Waals surface area contributed by atoms with E-state index in [0.29, 0.717) is 23.6 Å². The van der Waals surface area contributed by atoms with E-state index in [0.717, 1.165) is 45.3 Å². The third kappa shape index (κ3) is 7.14. The largest absolute Gasteiger partial charge is 0.338 e. The lowest BCUT2D eigenvalue weighted by molar-refractivity contribution is -0.116. The molecule has 0 radical (unpaired) electrons. The van der Waals surface area contributed by atoms with E-state index in [2.05, 4.69) is 22.1 Å². The predicted octanol–water partition coefficient (Wildman–Crippen LogP) is 4.20. The summed E-state index contributed by atoms with van der Waals surface area (Å²) in [5, 5.41) is 8.20. The SMILES string of the molecule is CNCC1CCCN(C(=O)c2cccc(NC(=O)CCCc3cccs3)c2)C1.Cl. The number of amides is 2. The summed E-state index contributed by atoms with van der Waals surface area (Å²) in [6.45, 7) is 2.53. The number of hydrogen-bond acceptors (Lipinski definition) is 4. The average molecular weight is 436 g/mol. The lowest BCUT2D eigenvalue weighted by atomic mass is 9.97. The summed E-state index contributed by atoms with van der Waals surface area (Å²) in [4.78, 5) is 28.4. The molecule has 1 aliphatic heterocycles. The van der Waals surface area contributed by atoms with Gasteiger partial charge in [0, 0.05) is 35.6 Å². The third-order valence-electron chi connectivity index (χ3n) is 5.10. The molecule has 0 saturated carbocycles. The van der Waals surface area contributed by atoms with Crippen molar-refractivity contribution in [3.63, 3.8) is 0 Å². The second-order valence-electron chi connectivity index (χ2n) is 7.38. The van der Waals surface area contributed by atoms with Crippen LogP contribution < -0.4 is 10.6 Å². The first-order chi connectivity index (χ1) is 13.7. The zero-order valence-corrected chi connectivity index (χ0v) is 18.5. The highest BCUT2D eigenvalue weighted by molar-refractivity contribution is 7.09. The molecule has 29 heavy (non-hydrogen) atoms. The molecule has 5 nitrogen and oxygen atoms in total. The molecule has 0 aliphatic carbocycles. The Morgan fingerprint density at radius 3 is 2.86 bits per heavy atom. The van der Waals surface area contributed by atoms with Crippen LogP contribution in [0.5, 0.6) is 0 Å². The van der Waals surface area contributed by atoms with E-state index in [1.54, 1.807) is 17.4 Å². The van der Waals surface area contributed by atoms with Gasteiger partial charge in [-0.2, -0.15) is 0 Å². The molecule has 1 saturated heterocycles. The van der Waals surface area contributed by atoms with E-state index in [4.69, 9.17) is 0 Å². The number of benzene rings is 1. The van der Waals surface area contributed by atoms with Crippen LogP contribution in [-0.2, 0) is 11.2 Å². The number of halogens is 1. The maximum atomic E-state index is 12.9. The first-order valence-corrected chi connectivity index (χ1v) is 10.9. The van der Waals surface area contributed by atoms with Crippen molar-refractivity contribution in [3.8, 4) is 0 Å². The molecule has 2 amide bonds. The number of nitrogens with zero attached hydrogens (tertiary/aromatic N) is 1. The van der Waals surface area contributed by atoms with Crippen molar-refractivity contribution in [2.24, 2.45) is 5.92 Å². The summed E-state index contributed by atoms with van der Waals surface area (Å²) in [5.74, 6) is 0.553. The standard InChI is InChI=1S/C22H29N3O2S.ClH/c1-23-15-17-6-4-12-25(16-17)22(27)18-7-2-8-19(14-18)24-21(26)11-3-9-20-10-5-13-28-20;/h2,5,7-8,10,13-14,17,23H,3-4,6,9,11-12,15-16H2,1H3,(H,24,26);1H. The van der Waals surface area contributed by atoms with Gasteiger partial charge in [-0.05, 0) is 74.8 Å². The van der Waals surface area contributed by atoms with Gasteiger partial charge in [0.2, 0.25) is 5.91 Å². The van der Waals surface area contributed by atoms with Crippen molar-refractivity contribution in [2.75, 3.05) is 32.0 Å². The number of aryl methyl sites for hydroxylation is 1. The summed E-state index contributed by atoms with van der Waals surface area (Å²) in [6.07, 6.45) is 4.43. The van der Waals surface area contributed by atoms with Crippen molar-refractivity contribution in [3.05, 3.63) is 52.2 Å². The fourth-order valence-corrected chi connectivity index (χ4v) is 4.47. The minimum Gasteiger partial charge on any atom is -0.338 e. The Morgan fingerprint density at radius 1 is 1.24 bits per heavy atom. The second-order valence-corrected chi connectivity index (χ2v) is 8.41. The number of likely N-dealkylation sites (tertiary alicyclic amines) is 1. The van der Waals surface area contributed by atoms with Gasteiger partial charge in [0.05, 0.1) is 0 Å². The van der Waals surface area contributed by atoms with E-state index >= 15 is 0 Å². The van der Waals surface area contributed by atoms with Gasteiger partial charge >= 0.3 is 0 Å². The maximum absolute atomic E-state index is 12.9. The van der Waals surface area contributed by atoms with E-state index in [9.17, 15) is 9.59 Å². The molecule has 1 aliphatic rings. The number of carbonyl (C=O) groups is 2. The van der Waals surface area contributed by atoms with Crippen LogP contribution in [0.25, 0.3) is 0 Å². The molecule has 3 rings (SSSR count). The van der Waals surface area contributed by atoms with Crippen molar-refractivity contribution < 1.29 is 9.59 Å². The Balaban J connectivity index is 0.00000300. The van der Waals surface area contributed by atoms with Crippen molar-refractivity contribution in [2.45, 2.75) is 32.1 Å². The third-order valence-corrected chi connectivity index (χ3v) is 6.04. The Labute approximate surface area is 183 Å². The summed E-state index contributed by atoms with van der Waals surface area (Å²) < 4.78 is 0. The molecule has 1 atom stereocenters. The quantitative estimate of drug-likeness (QED) is 0.653. The van der Waals surface area contributed by atoms with E-state index in [-0.39, 0.29) is 24.2 Å². The van der Waals surface area contributed by atoms with Gasteiger partial charge in [-0.3, -0.25) is 9.59 Å². The Morgan fingerprint density at radius 2 is 2.10 bits per heavy atom. The Hall–Kier alpha value is -1.89. The Bertz CT molecular complexity index is 780. The lowest BCUT2D eigenvalue weighted by Crippen LogP contribution is -2.42. The normalized spacial score (nSPS) is 16.2. The monoisotopic (exact) mass is 435 g/mol. The van der Waals surface area contributed by atoms with E-state index < -0.39 is 0 Å². The lowest BCUT2D eigenvalue weighted by Gasteiger charge is -2.32. The van der Waals surface area contributed by atoms with Gasteiger partial charge < -0.3 is 15.5 Å². The fourth-order valence-electron chi connectivity index (χ4n) is 3.72. The highest BCUT2D eigenvalue weighted by Crippen LogP contribution is 2.20. The molecule has 2 aromatic rings. The fraction of sp³-hybridized carbons (Fsp3) is 0.455. The van der Waals surface area contributed by atoms with Crippen LogP contribution >= 0.6 is 23.7 Å². The molecule has 1 unspecified atom stereocenters. The average Bonchev–Trinajstić information content (AvgIpc) is 3.21. The van der Waals surface area contributed by atoms with Gasteiger partial charge in [0.15, 0.2) is 0 Å². The van der Waals surface area contributed by atoms with Crippen LogP contribution in [0.15, 0.2) is 41.8 Å². The topological polar surface area (TPSA) is 61.4 Å². The molecule has 1 aromatic heterocycles. The highest BCUT2D eigenvalue weighted by atomic mass is 35.5. The van der Waals surface area contributed by atoms with Gasteiger partial charge in [-0.25, -0.2) is 0 Å². The first kappa shape index (κ1) is 23.4. The molecule has 158 valence electrons. The summed E-state index contributed by atoms with van der Waals surface area (Å²) in [7, 11) is 1.95. The highest BCUT2D eigenvalue weighted by Gasteiger charge is 2.24. The molecule has 2 N–H and O–H groups in total. The molecule has 1 aromatic carbocycles. The van der Waals surface area contributed by atoms with Crippen LogP contribution in [0.4, 0.5) is 5.69 Å². The summed E-state index contributed by atoms with van der Waals surface area (Å²) in [6, 6.07) is 11.4. The van der Waals surface area contributed by atoms with Crippen LogP contribution in [-0.4, -0.2) is 43.4 Å². The molecule has 0 spiro atoms. The van der Waals surface area contributed by atoms with Crippen LogP contribution in [0.3, 0.4) is 0 Å². The molecule has 2 heterocycles. The zero-order valence-electron chi connectivity index (χ0n) is 16.9. The zero-order chi connectivity index (χ0) is 19.8. The minimum absolute atomic E-state index is 0. The number of rotatable bonds is 8. The van der Waals surface area contributed by atoms with Crippen molar-refractivity contribution >= 4 is 41.2 Å². The van der Waals surface area contributed by atoms with Gasteiger partial charge in [-0.15, -0.1) is 23.7 Å². The molecular formula is C22H30ClN3O2S.